The molecule has 0 aliphatic rings. The lowest BCUT2D eigenvalue weighted by Gasteiger charge is -2.27. The van der Waals surface area contributed by atoms with Crippen LogP contribution < -0.4 is 5.73 Å². The molecule has 1 heterocycles. The van der Waals surface area contributed by atoms with Gasteiger partial charge in [0.05, 0.1) is 17.1 Å². The second kappa shape index (κ2) is 4.93. The topological polar surface area (TPSA) is 43.8 Å². The van der Waals surface area contributed by atoms with Crippen LogP contribution >= 0.6 is 0 Å². The van der Waals surface area contributed by atoms with E-state index in [0.29, 0.717) is 0 Å². The molecule has 1 aromatic carbocycles. The van der Waals surface area contributed by atoms with Crippen LogP contribution in [0, 0.1) is 11.2 Å². The summed E-state index contributed by atoms with van der Waals surface area (Å²) in [6, 6.07) is 4.53. The number of hydrogen-bond donors (Lipinski definition) is 1. The lowest BCUT2D eigenvalue weighted by Crippen LogP contribution is -2.29. The molecular weight excluding hydrogens is 241 g/mol. The summed E-state index contributed by atoms with van der Waals surface area (Å²) in [6.45, 7) is 9.17. The van der Waals surface area contributed by atoms with E-state index in [2.05, 4.69) is 32.7 Å². The number of imidazole rings is 1. The van der Waals surface area contributed by atoms with Crippen LogP contribution in [-0.2, 0) is 6.54 Å². The average Bonchev–Trinajstić information content (AvgIpc) is 2.66. The molecule has 4 heteroatoms. The third kappa shape index (κ3) is 2.63. The first-order valence-electron chi connectivity index (χ1n) is 6.76. The first kappa shape index (κ1) is 14.0. The fourth-order valence-corrected chi connectivity index (χ4v) is 2.20. The van der Waals surface area contributed by atoms with Gasteiger partial charge < -0.3 is 10.3 Å². The zero-order valence-corrected chi connectivity index (χ0v) is 12.1. The number of fused-ring (bicyclic) bond motifs is 1. The van der Waals surface area contributed by atoms with Crippen LogP contribution in [0.1, 0.15) is 46.0 Å². The first-order chi connectivity index (χ1) is 8.84. The normalized spacial score (nSPS) is 14.0. The monoisotopic (exact) mass is 263 g/mol. The predicted octanol–water partition coefficient (Wildman–Crippen LogP) is 3.63. The number of hydrogen-bond acceptors (Lipinski definition) is 2. The summed E-state index contributed by atoms with van der Waals surface area (Å²) in [7, 11) is 0. The average molecular weight is 263 g/mol. The van der Waals surface area contributed by atoms with Crippen LogP contribution in [0.4, 0.5) is 4.39 Å². The highest BCUT2D eigenvalue weighted by molar-refractivity contribution is 5.76. The Balaban J connectivity index is 2.63. The van der Waals surface area contributed by atoms with Gasteiger partial charge >= 0.3 is 0 Å². The van der Waals surface area contributed by atoms with Gasteiger partial charge in [0.2, 0.25) is 0 Å². The molecule has 1 unspecified atom stereocenters. The summed E-state index contributed by atoms with van der Waals surface area (Å²) in [4.78, 5) is 4.61. The molecule has 104 valence electrons. The maximum Gasteiger partial charge on any atom is 0.127 e. The van der Waals surface area contributed by atoms with E-state index < -0.39 is 0 Å². The summed E-state index contributed by atoms with van der Waals surface area (Å²) >= 11 is 0. The van der Waals surface area contributed by atoms with Gasteiger partial charge in [0.1, 0.15) is 11.6 Å². The summed E-state index contributed by atoms with van der Waals surface area (Å²) in [5.41, 5.74) is 7.89. The fourth-order valence-electron chi connectivity index (χ4n) is 2.20. The number of halogens is 1. The van der Waals surface area contributed by atoms with Crippen LogP contribution in [0.5, 0.6) is 0 Å². The minimum Gasteiger partial charge on any atom is -0.327 e. The van der Waals surface area contributed by atoms with Gasteiger partial charge in [0, 0.05) is 6.54 Å². The molecule has 2 N–H and O–H groups in total. The number of nitrogens with zero attached hydrogens (tertiary/aromatic N) is 2. The lowest BCUT2D eigenvalue weighted by atomic mass is 9.87. The molecule has 0 spiro atoms. The van der Waals surface area contributed by atoms with Gasteiger partial charge in [0.25, 0.3) is 0 Å². The quantitative estimate of drug-likeness (QED) is 0.919. The Kier molecular flexibility index (Phi) is 3.63. The van der Waals surface area contributed by atoms with Crippen molar-refractivity contribution in [3.05, 3.63) is 29.8 Å². The van der Waals surface area contributed by atoms with Gasteiger partial charge in [-0.25, -0.2) is 9.37 Å². The largest absolute Gasteiger partial charge is 0.327 e. The van der Waals surface area contributed by atoms with Crippen molar-refractivity contribution in [3.63, 3.8) is 0 Å². The maximum atomic E-state index is 13.4. The number of benzene rings is 1. The highest BCUT2D eigenvalue weighted by Crippen LogP contribution is 2.32. The third-order valence-electron chi connectivity index (χ3n) is 3.40. The fraction of sp³-hybridized carbons (Fsp3) is 0.533. The molecule has 0 saturated carbocycles. The van der Waals surface area contributed by atoms with Crippen LogP contribution in [0.15, 0.2) is 18.2 Å². The van der Waals surface area contributed by atoms with E-state index in [1.807, 2.05) is 4.57 Å². The summed E-state index contributed by atoms with van der Waals surface area (Å²) in [5, 5.41) is 0. The Hall–Kier alpha value is -1.42. The van der Waals surface area contributed by atoms with Crippen LogP contribution in [0.3, 0.4) is 0 Å². The van der Waals surface area contributed by atoms with Crippen LogP contribution in [-0.4, -0.2) is 9.55 Å². The van der Waals surface area contributed by atoms with Gasteiger partial charge in [0.15, 0.2) is 0 Å². The Bertz CT molecular complexity index is 581. The molecule has 0 saturated heterocycles. The van der Waals surface area contributed by atoms with Crippen molar-refractivity contribution in [1.82, 2.24) is 9.55 Å². The highest BCUT2D eigenvalue weighted by atomic mass is 19.1. The first-order valence-corrected chi connectivity index (χ1v) is 6.76. The Morgan fingerprint density at radius 2 is 2.05 bits per heavy atom. The third-order valence-corrected chi connectivity index (χ3v) is 3.40. The highest BCUT2D eigenvalue weighted by Gasteiger charge is 2.27. The smallest absolute Gasteiger partial charge is 0.127 e. The minimum atomic E-state index is -0.236. The van der Waals surface area contributed by atoms with Gasteiger partial charge in [-0.15, -0.1) is 0 Å². The Labute approximate surface area is 113 Å². The Morgan fingerprint density at radius 3 is 2.63 bits per heavy atom. The molecule has 1 aromatic heterocycles. The number of aryl methyl sites for hydroxylation is 1. The van der Waals surface area contributed by atoms with Crippen LogP contribution in [0.25, 0.3) is 11.0 Å². The van der Waals surface area contributed by atoms with E-state index in [1.54, 1.807) is 6.07 Å². The number of aromatic nitrogens is 2. The minimum absolute atomic E-state index is 0.0780. The second-order valence-electron chi connectivity index (χ2n) is 6.10. The van der Waals surface area contributed by atoms with Crippen molar-refractivity contribution in [2.75, 3.05) is 0 Å². The maximum absolute atomic E-state index is 13.4. The van der Waals surface area contributed by atoms with Crippen molar-refractivity contribution in [1.29, 1.82) is 0 Å². The molecule has 19 heavy (non-hydrogen) atoms. The van der Waals surface area contributed by atoms with E-state index in [0.717, 1.165) is 29.8 Å². The number of rotatable bonds is 3. The van der Waals surface area contributed by atoms with E-state index >= 15 is 0 Å². The van der Waals surface area contributed by atoms with E-state index in [9.17, 15) is 4.39 Å². The lowest BCUT2D eigenvalue weighted by molar-refractivity contribution is 0.308. The van der Waals surface area contributed by atoms with Gasteiger partial charge in [-0.1, -0.05) is 27.7 Å². The molecule has 0 radical (unpaired) electrons. The molecule has 0 amide bonds. The van der Waals surface area contributed by atoms with Crippen molar-refractivity contribution >= 4 is 11.0 Å². The van der Waals surface area contributed by atoms with E-state index in [4.69, 9.17) is 5.73 Å². The molecule has 0 bridgehead atoms. The molecule has 0 aliphatic carbocycles. The van der Waals surface area contributed by atoms with Crippen molar-refractivity contribution < 1.29 is 4.39 Å². The van der Waals surface area contributed by atoms with Crippen molar-refractivity contribution in [3.8, 4) is 0 Å². The molecule has 0 aliphatic heterocycles. The molecular formula is C15H22FN3. The SMILES string of the molecule is CCCn1c(C(N)C(C)(C)C)nc2ccc(F)cc21. The van der Waals surface area contributed by atoms with Crippen molar-refractivity contribution in [2.45, 2.75) is 46.7 Å². The summed E-state index contributed by atoms with van der Waals surface area (Å²) in [5.74, 6) is 0.607. The second-order valence-corrected chi connectivity index (χ2v) is 6.10. The predicted molar refractivity (Wildman–Crippen MR) is 76.4 cm³/mol. The standard InChI is InChI=1S/C15H22FN3/c1-5-8-19-12-9-10(16)6-7-11(12)18-14(19)13(17)15(2,3)4/h6-7,9,13H,5,8,17H2,1-4H3. The van der Waals surface area contributed by atoms with Crippen molar-refractivity contribution in [2.24, 2.45) is 11.1 Å². The number of nitrogens with two attached hydrogens (primary N) is 1. The van der Waals surface area contributed by atoms with E-state index in [1.165, 1.54) is 12.1 Å². The van der Waals surface area contributed by atoms with Crippen LogP contribution in [0.2, 0.25) is 0 Å². The van der Waals surface area contributed by atoms with E-state index in [-0.39, 0.29) is 17.3 Å². The van der Waals surface area contributed by atoms with Gasteiger partial charge in [-0.05, 0) is 30.0 Å². The zero-order valence-electron chi connectivity index (χ0n) is 12.1. The molecule has 2 rings (SSSR count). The molecule has 1 atom stereocenters. The summed E-state index contributed by atoms with van der Waals surface area (Å²) in [6.07, 6.45) is 0.964. The molecule has 2 aromatic rings. The molecule has 3 nitrogen and oxygen atoms in total. The van der Waals surface area contributed by atoms with Gasteiger partial charge in [-0.3, -0.25) is 0 Å². The molecule has 0 fully saturated rings. The van der Waals surface area contributed by atoms with Gasteiger partial charge in [-0.2, -0.15) is 0 Å². The zero-order chi connectivity index (χ0) is 14.2. The summed E-state index contributed by atoms with van der Waals surface area (Å²) < 4.78 is 15.5. The Morgan fingerprint density at radius 1 is 1.37 bits per heavy atom.